The van der Waals surface area contributed by atoms with Crippen molar-refractivity contribution in [3.05, 3.63) is 47.7 Å². The summed E-state index contributed by atoms with van der Waals surface area (Å²) in [6, 6.07) is 9.00. The van der Waals surface area contributed by atoms with Crippen LogP contribution in [0.1, 0.15) is 24.0 Å². The number of aromatic nitrogens is 1. The van der Waals surface area contributed by atoms with Gasteiger partial charge in [-0.25, -0.2) is 13.4 Å². The molecule has 1 aromatic carbocycles. The fourth-order valence-corrected chi connectivity index (χ4v) is 4.94. The van der Waals surface area contributed by atoms with Gasteiger partial charge in [0, 0.05) is 25.0 Å². The Morgan fingerprint density at radius 2 is 1.89 bits per heavy atom. The zero-order chi connectivity index (χ0) is 19.4. The topological polar surface area (TPSA) is 79.4 Å². The van der Waals surface area contributed by atoms with Crippen molar-refractivity contribution >= 4 is 33.4 Å². The Hall–Kier alpha value is -1.90. The van der Waals surface area contributed by atoms with E-state index in [1.165, 1.54) is 27.8 Å². The van der Waals surface area contributed by atoms with Gasteiger partial charge in [0.1, 0.15) is 4.90 Å². The van der Waals surface area contributed by atoms with Crippen LogP contribution in [0.25, 0.3) is 0 Å². The number of aryl methyl sites for hydroxylation is 2. The molecule has 1 aliphatic heterocycles. The van der Waals surface area contributed by atoms with Gasteiger partial charge in [-0.05, 0) is 62.1 Å². The molecule has 1 fully saturated rings. The second-order valence-corrected chi connectivity index (χ2v) is 9.51. The second kappa shape index (κ2) is 8.41. The Balaban J connectivity index is 1.56. The Bertz CT molecular complexity index is 922. The summed E-state index contributed by atoms with van der Waals surface area (Å²) in [5.74, 6) is 0.0804. The van der Waals surface area contributed by atoms with E-state index in [9.17, 15) is 13.2 Å². The van der Waals surface area contributed by atoms with E-state index in [2.05, 4.69) is 10.3 Å². The Labute approximate surface area is 164 Å². The average Bonchev–Trinajstić information content (AvgIpc) is 3.19. The van der Waals surface area contributed by atoms with Crippen LogP contribution < -0.4 is 5.32 Å². The summed E-state index contributed by atoms with van der Waals surface area (Å²) in [6.45, 7) is 5.16. The van der Waals surface area contributed by atoms with Gasteiger partial charge in [-0.2, -0.15) is 4.31 Å². The monoisotopic (exact) mass is 405 g/mol. The SMILES string of the molecule is Cc1ccc(NC(=O)CSc2ccc(S(=O)(=O)N3CCCC3)cn2)cc1C. The number of thioether (sulfide) groups is 1. The number of rotatable bonds is 6. The summed E-state index contributed by atoms with van der Waals surface area (Å²) in [4.78, 5) is 16.5. The largest absolute Gasteiger partial charge is 0.325 e. The molecule has 0 unspecified atom stereocenters. The number of pyridine rings is 1. The molecule has 0 atom stereocenters. The van der Waals surface area contributed by atoms with E-state index in [0.29, 0.717) is 18.1 Å². The highest BCUT2D eigenvalue weighted by molar-refractivity contribution is 7.99. The predicted octanol–water partition coefficient (Wildman–Crippen LogP) is 3.21. The lowest BCUT2D eigenvalue weighted by molar-refractivity contribution is -0.113. The molecule has 2 aromatic rings. The van der Waals surface area contributed by atoms with Crippen LogP contribution in [0.2, 0.25) is 0 Å². The van der Waals surface area contributed by atoms with E-state index in [1.807, 2.05) is 32.0 Å². The lowest BCUT2D eigenvalue weighted by Crippen LogP contribution is -2.27. The molecule has 0 spiro atoms. The normalized spacial score (nSPS) is 15.0. The van der Waals surface area contributed by atoms with Crippen molar-refractivity contribution < 1.29 is 13.2 Å². The molecule has 0 saturated carbocycles. The van der Waals surface area contributed by atoms with Gasteiger partial charge < -0.3 is 5.32 Å². The van der Waals surface area contributed by atoms with Gasteiger partial charge in [0.15, 0.2) is 0 Å². The molecule has 2 heterocycles. The summed E-state index contributed by atoms with van der Waals surface area (Å²) in [5.41, 5.74) is 3.07. The molecule has 27 heavy (non-hydrogen) atoms. The molecule has 3 rings (SSSR count). The molecule has 1 aliphatic rings. The van der Waals surface area contributed by atoms with E-state index in [0.717, 1.165) is 24.1 Å². The number of benzene rings is 1. The average molecular weight is 406 g/mol. The van der Waals surface area contributed by atoms with Crippen LogP contribution in [-0.4, -0.2) is 42.5 Å². The first-order valence-corrected chi connectivity index (χ1v) is 11.2. The first-order chi connectivity index (χ1) is 12.9. The lowest BCUT2D eigenvalue weighted by atomic mass is 10.1. The van der Waals surface area contributed by atoms with Crippen LogP contribution in [0.15, 0.2) is 46.5 Å². The van der Waals surface area contributed by atoms with E-state index >= 15 is 0 Å². The van der Waals surface area contributed by atoms with E-state index in [4.69, 9.17) is 0 Å². The molecule has 1 N–H and O–H groups in total. The molecule has 144 valence electrons. The molecule has 1 aromatic heterocycles. The van der Waals surface area contributed by atoms with Crippen molar-refractivity contribution in [1.82, 2.24) is 9.29 Å². The van der Waals surface area contributed by atoms with Gasteiger partial charge in [0.25, 0.3) is 0 Å². The van der Waals surface area contributed by atoms with E-state index in [-0.39, 0.29) is 16.6 Å². The van der Waals surface area contributed by atoms with Crippen molar-refractivity contribution in [2.24, 2.45) is 0 Å². The number of carbonyl (C=O) groups excluding carboxylic acids is 1. The minimum atomic E-state index is -3.45. The van der Waals surface area contributed by atoms with Crippen LogP contribution in [0.5, 0.6) is 0 Å². The fraction of sp³-hybridized carbons (Fsp3) is 0.368. The molecule has 0 aliphatic carbocycles. The minimum absolute atomic E-state index is 0.126. The first kappa shape index (κ1) is 19.9. The highest BCUT2D eigenvalue weighted by Gasteiger charge is 2.27. The maximum atomic E-state index is 12.5. The smallest absolute Gasteiger partial charge is 0.244 e. The van der Waals surface area contributed by atoms with Crippen molar-refractivity contribution in [3.63, 3.8) is 0 Å². The number of hydrogen-bond acceptors (Lipinski definition) is 5. The number of sulfonamides is 1. The van der Waals surface area contributed by atoms with E-state index in [1.54, 1.807) is 12.1 Å². The molecule has 1 amide bonds. The molecule has 0 bridgehead atoms. The van der Waals surface area contributed by atoms with Gasteiger partial charge in [0.05, 0.1) is 10.8 Å². The highest BCUT2D eigenvalue weighted by atomic mass is 32.2. The second-order valence-electron chi connectivity index (χ2n) is 6.58. The number of amides is 1. The molecular weight excluding hydrogens is 382 g/mol. The molecule has 1 saturated heterocycles. The lowest BCUT2D eigenvalue weighted by Gasteiger charge is -2.15. The van der Waals surface area contributed by atoms with Crippen molar-refractivity contribution in [3.8, 4) is 0 Å². The molecular formula is C19H23N3O3S2. The van der Waals surface area contributed by atoms with Crippen molar-refractivity contribution in [2.45, 2.75) is 36.6 Å². The van der Waals surface area contributed by atoms with Crippen LogP contribution in [0.3, 0.4) is 0 Å². The Kier molecular flexibility index (Phi) is 6.18. The maximum absolute atomic E-state index is 12.5. The van der Waals surface area contributed by atoms with Crippen LogP contribution in [-0.2, 0) is 14.8 Å². The van der Waals surface area contributed by atoms with Crippen molar-refractivity contribution in [1.29, 1.82) is 0 Å². The van der Waals surface area contributed by atoms with Gasteiger partial charge in [-0.3, -0.25) is 4.79 Å². The zero-order valence-corrected chi connectivity index (χ0v) is 17.1. The van der Waals surface area contributed by atoms with Gasteiger partial charge in [-0.1, -0.05) is 17.8 Å². The maximum Gasteiger partial charge on any atom is 0.244 e. The number of anilines is 1. The third-order valence-electron chi connectivity index (χ3n) is 4.55. The number of hydrogen-bond donors (Lipinski definition) is 1. The van der Waals surface area contributed by atoms with E-state index < -0.39 is 10.0 Å². The highest BCUT2D eigenvalue weighted by Crippen LogP contribution is 2.23. The number of nitrogens with zero attached hydrogens (tertiary/aromatic N) is 2. The zero-order valence-electron chi connectivity index (χ0n) is 15.4. The molecule has 6 nitrogen and oxygen atoms in total. The Morgan fingerprint density at radius 1 is 1.15 bits per heavy atom. The number of nitrogens with one attached hydrogen (secondary N) is 1. The van der Waals surface area contributed by atoms with Crippen LogP contribution in [0.4, 0.5) is 5.69 Å². The third kappa shape index (κ3) is 4.88. The summed E-state index contributed by atoms with van der Waals surface area (Å²) in [5, 5.41) is 3.48. The number of carbonyl (C=O) groups is 1. The van der Waals surface area contributed by atoms with Gasteiger partial charge in [-0.15, -0.1) is 0 Å². The summed E-state index contributed by atoms with van der Waals surface area (Å²) in [6.07, 6.45) is 3.17. The molecule has 8 heteroatoms. The summed E-state index contributed by atoms with van der Waals surface area (Å²) < 4.78 is 26.5. The molecule has 0 radical (unpaired) electrons. The van der Waals surface area contributed by atoms with Gasteiger partial charge >= 0.3 is 0 Å². The van der Waals surface area contributed by atoms with Gasteiger partial charge in [0.2, 0.25) is 15.9 Å². The van der Waals surface area contributed by atoms with Crippen LogP contribution >= 0.6 is 11.8 Å². The minimum Gasteiger partial charge on any atom is -0.325 e. The quantitative estimate of drug-likeness (QED) is 0.747. The first-order valence-electron chi connectivity index (χ1n) is 8.82. The Morgan fingerprint density at radius 3 is 2.52 bits per heavy atom. The van der Waals surface area contributed by atoms with Crippen molar-refractivity contribution in [2.75, 3.05) is 24.2 Å². The third-order valence-corrected chi connectivity index (χ3v) is 7.38. The summed E-state index contributed by atoms with van der Waals surface area (Å²) >= 11 is 1.28. The fourth-order valence-electron chi connectivity index (χ4n) is 2.84. The predicted molar refractivity (Wildman–Crippen MR) is 107 cm³/mol. The van der Waals surface area contributed by atoms with Crippen LogP contribution in [0, 0.1) is 13.8 Å². The standard InChI is InChI=1S/C19H23N3O3S2/c1-14-5-6-16(11-15(14)2)21-18(23)13-26-19-8-7-17(12-20-19)27(24,25)22-9-3-4-10-22/h5-8,11-12H,3-4,9-10,13H2,1-2H3,(H,21,23). The summed E-state index contributed by atoms with van der Waals surface area (Å²) in [7, 11) is -3.45.